The zero-order valence-electron chi connectivity index (χ0n) is 14.0. The second-order valence-corrected chi connectivity index (χ2v) is 5.96. The predicted molar refractivity (Wildman–Crippen MR) is 97.3 cm³/mol. The molecule has 2 heterocycles. The Kier molecular flexibility index (Phi) is 4.22. The quantitative estimate of drug-likeness (QED) is 0.592. The first-order valence-corrected chi connectivity index (χ1v) is 8.15. The minimum Gasteiger partial charge on any atom is -0.381 e. The lowest BCUT2D eigenvalue weighted by molar-refractivity contribution is 0.580. The standard InChI is InChI=1S/C20H13F2N5/c21-15-5-14(6-16(22)8-15)11-25-17-3-4-24-20(9-17)27-12-26-18-7-13(10-23)1-2-19(18)27/h1-9,12H,11H2,(H,24,25). The van der Waals surface area contributed by atoms with E-state index in [-0.39, 0.29) is 6.54 Å². The summed E-state index contributed by atoms with van der Waals surface area (Å²) in [6, 6.07) is 14.3. The molecular formula is C20H13F2N5. The monoisotopic (exact) mass is 361 g/mol. The first-order chi connectivity index (χ1) is 13.1. The van der Waals surface area contributed by atoms with E-state index in [1.165, 1.54) is 12.1 Å². The van der Waals surface area contributed by atoms with Crippen molar-refractivity contribution in [2.24, 2.45) is 0 Å². The first-order valence-electron chi connectivity index (χ1n) is 8.15. The van der Waals surface area contributed by atoms with E-state index >= 15 is 0 Å². The van der Waals surface area contributed by atoms with Gasteiger partial charge in [-0.1, -0.05) is 0 Å². The summed E-state index contributed by atoms with van der Waals surface area (Å²) in [5, 5.41) is 12.1. The van der Waals surface area contributed by atoms with Crippen LogP contribution in [0.4, 0.5) is 14.5 Å². The average Bonchev–Trinajstić information content (AvgIpc) is 3.09. The maximum atomic E-state index is 13.3. The molecule has 0 aliphatic heterocycles. The number of nitrogens with one attached hydrogen (secondary N) is 1. The zero-order chi connectivity index (χ0) is 18.8. The highest BCUT2D eigenvalue weighted by molar-refractivity contribution is 5.78. The summed E-state index contributed by atoms with van der Waals surface area (Å²) >= 11 is 0. The molecule has 0 saturated carbocycles. The van der Waals surface area contributed by atoms with Gasteiger partial charge < -0.3 is 5.32 Å². The topological polar surface area (TPSA) is 66.5 Å². The van der Waals surface area contributed by atoms with Crippen LogP contribution in [0.1, 0.15) is 11.1 Å². The van der Waals surface area contributed by atoms with Gasteiger partial charge in [0.25, 0.3) is 0 Å². The van der Waals surface area contributed by atoms with Crippen molar-refractivity contribution in [1.82, 2.24) is 14.5 Å². The fourth-order valence-electron chi connectivity index (χ4n) is 2.84. The van der Waals surface area contributed by atoms with E-state index < -0.39 is 11.6 Å². The summed E-state index contributed by atoms with van der Waals surface area (Å²) < 4.78 is 28.4. The van der Waals surface area contributed by atoms with Gasteiger partial charge in [0.05, 0.1) is 22.7 Å². The zero-order valence-corrected chi connectivity index (χ0v) is 14.0. The number of hydrogen-bond acceptors (Lipinski definition) is 4. The van der Waals surface area contributed by atoms with Gasteiger partial charge in [0.15, 0.2) is 0 Å². The molecule has 1 N–H and O–H groups in total. The van der Waals surface area contributed by atoms with Crippen LogP contribution in [0.2, 0.25) is 0 Å². The first kappa shape index (κ1) is 16.7. The molecule has 5 nitrogen and oxygen atoms in total. The molecule has 0 fully saturated rings. The van der Waals surface area contributed by atoms with Crippen molar-refractivity contribution in [3.8, 4) is 11.9 Å². The Balaban J connectivity index is 1.60. The fraction of sp³-hybridized carbons (Fsp3) is 0.0500. The molecule has 0 bridgehead atoms. The van der Waals surface area contributed by atoms with Crippen molar-refractivity contribution in [2.45, 2.75) is 6.54 Å². The summed E-state index contributed by atoms with van der Waals surface area (Å²) in [5.41, 5.74) is 3.32. The molecule has 0 radical (unpaired) electrons. The normalized spacial score (nSPS) is 10.7. The van der Waals surface area contributed by atoms with Crippen LogP contribution in [0.3, 0.4) is 0 Å². The summed E-state index contributed by atoms with van der Waals surface area (Å²) in [6.07, 6.45) is 3.28. The van der Waals surface area contributed by atoms with E-state index in [9.17, 15) is 8.78 Å². The maximum Gasteiger partial charge on any atom is 0.140 e. The molecule has 4 aromatic rings. The Morgan fingerprint density at radius 2 is 1.81 bits per heavy atom. The van der Waals surface area contributed by atoms with Gasteiger partial charge in [-0.05, 0) is 42.0 Å². The van der Waals surface area contributed by atoms with Crippen LogP contribution < -0.4 is 5.32 Å². The second kappa shape index (κ2) is 6.84. The molecule has 2 aromatic carbocycles. The molecule has 27 heavy (non-hydrogen) atoms. The molecule has 0 unspecified atom stereocenters. The Labute approximate surface area is 153 Å². The largest absolute Gasteiger partial charge is 0.381 e. The van der Waals surface area contributed by atoms with Gasteiger partial charge in [-0.2, -0.15) is 5.26 Å². The summed E-state index contributed by atoms with van der Waals surface area (Å²) in [5.74, 6) is -0.578. The number of nitriles is 1. The van der Waals surface area contributed by atoms with Crippen LogP contribution in [0.15, 0.2) is 61.1 Å². The van der Waals surface area contributed by atoms with Gasteiger partial charge in [0.2, 0.25) is 0 Å². The number of aromatic nitrogens is 3. The lowest BCUT2D eigenvalue weighted by Crippen LogP contribution is -2.03. The number of halogens is 2. The molecule has 0 atom stereocenters. The van der Waals surface area contributed by atoms with Crippen molar-refractivity contribution in [3.05, 3.63) is 83.8 Å². The van der Waals surface area contributed by atoms with Gasteiger partial charge in [-0.3, -0.25) is 4.57 Å². The van der Waals surface area contributed by atoms with Gasteiger partial charge in [0.1, 0.15) is 23.8 Å². The molecule has 0 aliphatic rings. The van der Waals surface area contributed by atoms with Crippen molar-refractivity contribution in [3.63, 3.8) is 0 Å². The second-order valence-electron chi connectivity index (χ2n) is 5.96. The van der Waals surface area contributed by atoms with Crippen molar-refractivity contribution < 1.29 is 8.78 Å². The number of pyridine rings is 1. The number of nitrogens with zero attached hydrogens (tertiary/aromatic N) is 4. The van der Waals surface area contributed by atoms with Gasteiger partial charge in [-0.25, -0.2) is 18.7 Å². The highest BCUT2D eigenvalue weighted by atomic mass is 19.1. The lowest BCUT2D eigenvalue weighted by atomic mass is 10.2. The third kappa shape index (κ3) is 3.46. The van der Waals surface area contributed by atoms with E-state index in [2.05, 4.69) is 21.4 Å². The van der Waals surface area contributed by atoms with E-state index in [0.717, 1.165) is 17.3 Å². The van der Waals surface area contributed by atoms with Crippen LogP contribution in [0.25, 0.3) is 16.9 Å². The Hall–Kier alpha value is -3.79. The minimum absolute atomic E-state index is 0.272. The molecule has 0 spiro atoms. The predicted octanol–water partition coefficient (Wildman–Crippen LogP) is 4.18. The Bertz CT molecular complexity index is 1160. The molecule has 0 saturated heterocycles. The number of anilines is 1. The summed E-state index contributed by atoms with van der Waals surface area (Å²) in [7, 11) is 0. The minimum atomic E-state index is -0.608. The molecule has 132 valence electrons. The Morgan fingerprint density at radius 3 is 2.59 bits per heavy atom. The molecule has 2 aromatic heterocycles. The molecule has 7 heteroatoms. The number of imidazole rings is 1. The highest BCUT2D eigenvalue weighted by Gasteiger charge is 2.08. The third-order valence-corrected chi connectivity index (χ3v) is 4.09. The maximum absolute atomic E-state index is 13.3. The number of rotatable bonds is 4. The van der Waals surface area contributed by atoms with Gasteiger partial charge in [0, 0.05) is 30.6 Å². The van der Waals surface area contributed by atoms with Crippen molar-refractivity contribution >= 4 is 16.7 Å². The Morgan fingerprint density at radius 1 is 1.00 bits per heavy atom. The van der Waals surface area contributed by atoms with Crippen LogP contribution in [0, 0.1) is 23.0 Å². The highest BCUT2D eigenvalue weighted by Crippen LogP contribution is 2.20. The van der Waals surface area contributed by atoms with Gasteiger partial charge in [-0.15, -0.1) is 0 Å². The van der Waals surface area contributed by atoms with Crippen LogP contribution >= 0.6 is 0 Å². The van der Waals surface area contributed by atoms with Crippen LogP contribution in [0.5, 0.6) is 0 Å². The number of fused-ring (bicyclic) bond motifs is 1. The summed E-state index contributed by atoms with van der Waals surface area (Å²) in [4.78, 5) is 8.67. The summed E-state index contributed by atoms with van der Waals surface area (Å²) in [6.45, 7) is 0.272. The molecule has 0 amide bonds. The van der Waals surface area contributed by atoms with E-state index in [1.807, 2.05) is 16.7 Å². The van der Waals surface area contributed by atoms with Crippen molar-refractivity contribution in [1.29, 1.82) is 5.26 Å². The van der Waals surface area contributed by atoms with E-state index in [1.54, 1.807) is 30.7 Å². The smallest absolute Gasteiger partial charge is 0.140 e. The van der Waals surface area contributed by atoms with E-state index in [4.69, 9.17) is 5.26 Å². The number of hydrogen-bond donors (Lipinski definition) is 1. The van der Waals surface area contributed by atoms with Crippen molar-refractivity contribution in [2.75, 3.05) is 5.32 Å². The molecule has 0 aliphatic carbocycles. The van der Waals surface area contributed by atoms with E-state index in [0.29, 0.717) is 22.5 Å². The van der Waals surface area contributed by atoms with Crippen LogP contribution in [-0.4, -0.2) is 14.5 Å². The average molecular weight is 361 g/mol. The number of benzene rings is 2. The third-order valence-electron chi connectivity index (χ3n) is 4.09. The molecule has 4 rings (SSSR count). The van der Waals surface area contributed by atoms with Gasteiger partial charge >= 0.3 is 0 Å². The fourth-order valence-corrected chi connectivity index (χ4v) is 2.84. The van der Waals surface area contributed by atoms with Crippen LogP contribution in [-0.2, 0) is 6.54 Å². The lowest BCUT2D eigenvalue weighted by Gasteiger charge is -2.09. The SMILES string of the molecule is N#Cc1ccc2c(c1)ncn2-c1cc(NCc2cc(F)cc(F)c2)ccn1. The molecular weight excluding hydrogens is 348 g/mol.